The first kappa shape index (κ1) is 7.88. The van der Waals surface area contributed by atoms with E-state index >= 15 is 0 Å². The molecule has 9 heavy (non-hydrogen) atoms. The van der Waals surface area contributed by atoms with Gasteiger partial charge in [-0.15, -0.1) is 0 Å². The Balaban J connectivity index is 4.55. The van der Waals surface area contributed by atoms with Crippen molar-refractivity contribution in [1.82, 2.24) is 0 Å². The second-order valence-corrected chi connectivity index (χ2v) is 1.74. The summed E-state index contributed by atoms with van der Waals surface area (Å²) in [5.41, 5.74) is 0.153. The van der Waals surface area contributed by atoms with Crippen LogP contribution in [0, 0.1) is 5.41 Å². The Hall–Kier alpha value is -1.12. The Morgan fingerprint density at radius 3 is 2.00 bits per heavy atom. The maximum Gasteiger partial charge on any atom is 0.155 e. The van der Waals surface area contributed by atoms with E-state index in [0.29, 0.717) is 6.29 Å². The third kappa shape index (κ3) is 2.08. The Morgan fingerprint density at radius 2 is 2.00 bits per heavy atom. The summed E-state index contributed by atoms with van der Waals surface area (Å²) in [6, 6.07) is 0. The number of aliphatic hydroxyl groups excluding tert-OH is 1. The number of carbonyl (C=O) groups is 1. The average molecular weight is 127 g/mol. The molecule has 0 aliphatic heterocycles. The number of aliphatic hydroxyl groups is 1. The van der Waals surface area contributed by atoms with Crippen LogP contribution in [0.5, 0.6) is 0 Å². The fraction of sp³-hybridized carbons (Fsp3) is 0.333. The molecule has 0 unspecified atom stereocenters. The summed E-state index contributed by atoms with van der Waals surface area (Å²) in [5, 5.41) is 15.6. The van der Waals surface area contributed by atoms with Crippen LogP contribution >= 0.6 is 0 Å². The summed E-state index contributed by atoms with van der Waals surface area (Å²) in [6.45, 7) is 2.82. The molecule has 0 saturated heterocycles. The zero-order valence-corrected chi connectivity index (χ0v) is 5.43. The van der Waals surface area contributed by atoms with Crippen LogP contribution in [0.15, 0.2) is 11.3 Å². The van der Waals surface area contributed by atoms with Crippen molar-refractivity contribution in [1.29, 1.82) is 5.41 Å². The van der Waals surface area contributed by atoms with Crippen LogP contribution in [-0.4, -0.2) is 17.1 Å². The van der Waals surface area contributed by atoms with Crippen molar-refractivity contribution >= 4 is 12.0 Å². The van der Waals surface area contributed by atoms with Crippen molar-refractivity contribution in [2.75, 3.05) is 0 Å². The molecule has 50 valence electrons. The van der Waals surface area contributed by atoms with Gasteiger partial charge in [-0.05, 0) is 13.8 Å². The highest BCUT2D eigenvalue weighted by Crippen LogP contribution is 1.97. The molecule has 0 aliphatic carbocycles. The number of allylic oxidation sites excluding steroid dienone is 2. The molecule has 0 aromatic rings. The SMILES string of the molecule is CC(=N)/C(C=O)=C(/C)O. The van der Waals surface area contributed by atoms with Crippen LogP contribution in [0.1, 0.15) is 13.8 Å². The van der Waals surface area contributed by atoms with Crippen molar-refractivity contribution in [2.24, 2.45) is 0 Å². The zero-order chi connectivity index (χ0) is 7.44. The van der Waals surface area contributed by atoms with Crippen LogP contribution < -0.4 is 0 Å². The third-order valence-corrected chi connectivity index (χ3v) is 0.912. The maximum atomic E-state index is 10.0. The fourth-order valence-corrected chi connectivity index (χ4v) is 0.445. The van der Waals surface area contributed by atoms with Gasteiger partial charge in [0, 0.05) is 5.71 Å². The first-order chi connectivity index (χ1) is 4.09. The van der Waals surface area contributed by atoms with Crippen LogP contribution in [0.2, 0.25) is 0 Å². The monoisotopic (exact) mass is 127 g/mol. The first-order valence-electron chi connectivity index (χ1n) is 2.50. The predicted octanol–water partition coefficient (Wildman–Crippen LogP) is 1.06. The van der Waals surface area contributed by atoms with E-state index in [-0.39, 0.29) is 17.0 Å². The summed E-state index contributed by atoms with van der Waals surface area (Å²) < 4.78 is 0. The van der Waals surface area contributed by atoms with Gasteiger partial charge in [-0.25, -0.2) is 0 Å². The molecule has 3 heteroatoms. The molecule has 0 spiro atoms. The Morgan fingerprint density at radius 1 is 1.56 bits per heavy atom. The molecule has 0 amide bonds. The van der Waals surface area contributed by atoms with Gasteiger partial charge in [0.15, 0.2) is 6.29 Å². The summed E-state index contributed by atoms with van der Waals surface area (Å²) in [6.07, 6.45) is 0.470. The van der Waals surface area contributed by atoms with E-state index in [1.807, 2.05) is 0 Å². The number of aldehydes is 1. The minimum Gasteiger partial charge on any atom is -0.512 e. The molecule has 3 nitrogen and oxygen atoms in total. The van der Waals surface area contributed by atoms with Gasteiger partial charge in [0.1, 0.15) is 5.76 Å². The van der Waals surface area contributed by atoms with Gasteiger partial charge in [-0.3, -0.25) is 4.79 Å². The summed E-state index contributed by atoms with van der Waals surface area (Å²) in [7, 11) is 0. The molecule has 0 saturated carbocycles. The van der Waals surface area contributed by atoms with E-state index in [9.17, 15) is 4.79 Å². The minimum absolute atomic E-state index is 0.0648. The van der Waals surface area contributed by atoms with E-state index in [2.05, 4.69) is 0 Å². The molecule has 0 rings (SSSR count). The molecule has 0 atom stereocenters. The predicted molar refractivity (Wildman–Crippen MR) is 34.8 cm³/mol. The van der Waals surface area contributed by atoms with E-state index in [1.165, 1.54) is 13.8 Å². The molecule has 0 aliphatic rings. The van der Waals surface area contributed by atoms with Crippen molar-refractivity contribution in [3.05, 3.63) is 11.3 Å². The van der Waals surface area contributed by atoms with E-state index in [0.717, 1.165) is 0 Å². The summed E-state index contributed by atoms with van der Waals surface area (Å²) >= 11 is 0. The van der Waals surface area contributed by atoms with Crippen molar-refractivity contribution < 1.29 is 9.90 Å². The summed E-state index contributed by atoms with van der Waals surface area (Å²) in [4.78, 5) is 10.0. The molecular weight excluding hydrogens is 118 g/mol. The smallest absolute Gasteiger partial charge is 0.155 e. The lowest BCUT2D eigenvalue weighted by Crippen LogP contribution is -1.99. The fourth-order valence-electron chi connectivity index (χ4n) is 0.445. The molecule has 0 bridgehead atoms. The zero-order valence-electron chi connectivity index (χ0n) is 5.43. The van der Waals surface area contributed by atoms with Crippen molar-refractivity contribution in [3.8, 4) is 0 Å². The topological polar surface area (TPSA) is 61.2 Å². The van der Waals surface area contributed by atoms with Crippen LogP contribution in [0.25, 0.3) is 0 Å². The molecule has 0 heterocycles. The lowest BCUT2D eigenvalue weighted by atomic mass is 10.2. The van der Waals surface area contributed by atoms with Crippen LogP contribution in [0.4, 0.5) is 0 Å². The highest BCUT2D eigenvalue weighted by Gasteiger charge is 2.00. The quantitative estimate of drug-likeness (QED) is 0.252. The summed E-state index contributed by atoms with van der Waals surface area (Å²) in [5.74, 6) is -0.0995. The first-order valence-corrected chi connectivity index (χ1v) is 2.50. The Labute approximate surface area is 53.5 Å². The molecule has 0 radical (unpaired) electrons. The van der Waals surface area contributed by atoms with Crippen LogP contribution in [-0.2, 0) is 4.79 Å². The van der Waals surface area contributed by atoms with E-state index in [1.54, 1.807) is 0 Å². The lowest BCUT2D eigenvalue weighted by Gasteiger charge is -1.94. The van der Waals surface area contributed by atoms with Gasteiger partial charge in [-0.1, -0.05) is 0 Å². The van der Waals surface area contributed by atoms with E-state index in [4.69, 9.17) is 10.5 Å². The van der Waals surface area contributed by atoms with Gasteiger partial charge < -0.3 is 10.5 Å². The second-order valence-electron chi connectivity index (χ2n) is 1.74. The van der Waals surface area contributed by atoms with Gasteiger partial charge in [0.25, 0.3) is 0 Å². The van der Waals surface area contributed by atoms with Crippen molar-refractivity contribution in [3.63, 3.8) is 0 Å². The van der Waals surface area contributed by atoms with Gasteiger partial charge in [0.2, 0.25) is 0 Å². The number of carbonyl (C=O) groups excluding carboxylic acids is 1. The molecule has 0 aromatic heterocycles. The van der Waals surface area contributed by atoms with E-state index < -0.39 is 0 Å². The molecule has 0 fully saturated rings. The van der Waals surface area contributed by atoms with Crippen molar-refractivity contribution in [2.45, 2.75) is 13.8 Å². The van der Waals surface area contributed by atoms with Gasteiger partial charge >= 0.3 is 0 Å². The maximum absolute atomic E-state index is 10.0. The average Bonchev–Trinajstić information content (AvgIpc) is 1.64. The highest BCUT2D eigenvalue weighted by molar-refractivity contribution is 6.12. The normalized spacial score (nSPS) is 12.2. The lowest BCUT2D eigenvalue weighted by molar-refractivity contribution is -0.104. The minimum atomic E-state index is -0.0995. The highest BCUT2D eigenvalue weighted by atomic mass is 16.3. The van der Waals surface area contributed by atoms with Gasteiger partial charge in [0.05, 0.1) is 5.57 Å². The van der Waals surface area contributed by atoms with Crippen LogP contribution in [0.3, 0.4) is 0 Å². The molecule has 2 N–H and O–H groups in total. The Bertz CT molecular complexity index is 166. The third-order valence-electron chi connectivity index (χ3n) is 0.912. The molecule has 0 aromatic carbocycles. The number of rotatable bonds is 2. The number of hydrogen-bond donors (Lipinski definition) is 2. The second kappa shape index (κ2) is 3.02. The number of nitrogens with one attached hydrogen (secondary N) is 1. The number of hydrogen-bond acceptors (Lipinski definition) is 3. The van der Waals surface area contributed by atoms with Gasteiger partial charge in [-0.2, -0.15) is 0 Å². The Kier molecular flexibility index (Phi) is 2.64. The molecular formula is C6H9NO2. The largest absolute Gasteiger partial charge is 0.512 e. The standard InChI is InChI=1S/C6H9NO2/c1-4(7)6(3-8)5(2)9/h3,7,9H,1-2H3/b6-5-,7-4?.